The van der Waals surface area contributed by atoms with Gasteiger partial charge in [-0.2, -0.15) is 0 Å². The van der Waals surface area contributed by atoms with E-state index in [1.54, 1.807) is 0 Å². The standard InChI is InChI=1S/C28H31N5/c1-16-10-23(11-17(2)31-16)28-18(3)24-8-6-19(12-25(24)32-28)20-7-9-26(30-13-20)33-14-21-4-5-22(15-33)27(21)29/h6-13,21-22,27,32H,4-5,14-15,29H2,1-3H3/t21-,22+,27-. The Balaban J connectivity index is 1.30. The van der Waals surface area contributed by atoms with E-state index in [1.807, 2.05) is 20.0 Å². The predicted octanol–water partition coefficient (Wildman–Crippen LogP) is 5.39. The highest BCUT2D eigenvalue weighted by Crippen LogP contribution is 2.37. The summed E-state index contributed by atoms with van der Waals surface area (Å²) in [4.78, 5) is 15.4. The molecule has 3 aromatic heterocycles. The molecular formula is C28H31N5. The second kappa shape index (κ2) is 7.70. The number of nitrogens with zero attached hydrogens (tertiary/aromatic N) is 3. The Kier molecular flexibility index (Phi) is 4.77. The number of nitrogens with one attached hydrogen (secondary N) is 1. The zero-order chi connectivity index (χ0) is 22.7. The molecule has 2 fully saturated rings. The van der Waals surface area contributed by atoms with Crippen LogP contribution in [0.25, 0.3) is 33.3 Å². The van der Waals surface area contributed by atoms with Gasteiger partial charge in [-0.1, -0.05) is 12.1 Å². The maximum atomic E-state index is 6.38. The molecule has 1 aliphatic heterocycles. The van der Waals surface area contributed by atoms with E-state index in [-0.39, 0.29) is 0 Å². The van der Waals surface area contributed by atoms with Crippen LogP contribution in [0.15, 0.2) is 48.7 Å². The number of benzene rings is 1. The number of rotatable bonds is 3. The third kappa shape index (κ3) is 3.51. The van der Waals surface area contributed by atoms with E-state index in [2.05, 4.69) is 64.3 Å². The smallest absolute Gasteiger partial charge is 0.128 e. The third-order valence-electron chi connectivity index (χ3n) is 7.74. The molecule has 3 N–H and O–H groups in total. The van der Waals surface area contributed by atoms with Gasteiger partial charge in [-0.15, -0.1) is 0 Å². The van der Waals surface area contributed by atoms with Crippen LogP contribution >= 0.6 is 0 Å². The number of pyridine rings is 2. The highest BCUT2D eigenvalue weighted by molar-refractivity contribution is 5.93. The highest BCUT2D eigenvalue weighted by Gasteiger charge is 2.40. The summed E-state index contributed by atoms with van der Waals surface area (Å²) in [5.41, 5.74) is 15.6. The van der Waals surface area contributed by atoms with Crippen molar-refractivity contribution in [1.82, 2.24) is 15.0 Å². The van der Waals surface area contributed by atoms with Crippen LogP contribution in [0, 0.1) is 32.6 Å². The molecule has 0 spiro atoms. The fourth-order valence-corrected chi connectivity index (χ4v) is 5.98. The van der Waals surface area contributed by atoms with Crippen LogP contribution in [-0.4, -0.2) is 34.1 Å². The lowest BCUT2D eigenvalue weighted by Gasteiger charge is -2.36. The van der Waals surface area contributed by atoms with Gasteiger partial charge in [-0.3, -0.25) is 4.98 Å². The van der Waals surface area contributed by atoms with E-state index in [0.717, 1.165) is 41.4 Å². The van der Waals surface area contributed by atoms with Crippen LogP contribution in [0.2, 0.25) is 0 Å². The molecule has 33 heavy (non-hydrogen) atoms. The molecule has 4 aromatic rings. The third-order valence-corrected chi connectivity index (χ3v) is 7.74. The molecule has 5 heteroatoms. The van der Waals surface area contributed by atoms with Crippen molar-refractivity contribution in [3.05, 3.63) is 65.6 Å². The minimum absolute atomic E-state index is 0.376. The largest absolute Gasteiger partial charge is 0.356 e. The number of fused-ring (bicyclic) bond motifs is 3. The monoisotopic (exact) mass is 437 g/mol. The molecule has 1 aliphatic carbocycles. The van der Waals surface area contributed by atoms with Gasteiger partial charge in [-0.05, 0) is 86.9 Å². The van der Waals surface area contributed by atoms with Crippen molar-refractivity contribution in [1.29, 1.82) is 0 Å². The van der Waals surface area contributed by atoms with Crippen molar-refractivity contribution >= 4 is 16.7 Å². The summed E-state index contributed by atoms with van der Waals surface area (Å²) in [6, 6.07) is 15.7. The van der Waals surface area contributed by atoms with Crippen molar-refractivity contribution in [2.24, 2.45) is 17.6 Å². The lowest BCUT2D eigenvalue weighted by Crippen LogP contribution is -2.49. The fraction of sp³-hybridized carbons (Fsp3) is 0.357. The number of nitrogens with two attached hydrogens (primary N) is 1. The molecule has 1 aromatic carbocycles. The van der Waals surface area contributed by atoms with Gasteiger partial charge in [0, 0.05) is 64.4 Å². The Hall–Kier alpha value is -3.18. The number of hydrogen-bond donors (Lipinski definition) is 2. The zero-order valence-electron chi connectivity index (χ0n) is 19.6. The summed E-state index contributed by atoms with van der Waals surface area (Å²) >= 11 is 0. The molecule has 5 nitrogen and oxygen atoms in total. The normalized spacial score (nSPS) is 22.3. The quantitative estimate of drug-likeness (QED) is 0.451. The summed E-state index contributed by atoms with van der Waals surface area (Å²) in [5.74, 6) is 2.31. The van der Waals surface area contributed by atoms with Gasteiger partial charge in [0.05, 0.1) is 0 Å². The van der Waals surface area contributed by atoms with Gasteiger partial charge >= 0.3 is 0 Å². The molecule has 0 radical (unpaired) electrons. The Morgan fingerprint density at radius 2 is 1.58 bits per heavy atom. The van der Waals surface area contributed by atoms with Gasteiger partial charge in [0.15, 0.2) is 0 Å². The Morgan fingerprint density at radius 1 is 0.879 bits per heavy atom. The van der Waals surface area contributed by atoms with Crippen molar-refractivity contribution in [3.8, 4) is 22.4 Å². The molecule has 0 unspecified atom stereocenters. The van der Waals surface area contributed by atoms with Crippen molar-refractivity contribution in [2.75, 3.05) is 18.0 Å². The van der Waals surface area contributed by atoms with Gasteiger partial charge in [-0.25, -0.2) is 4.98 Å². The summed E-state index contributed by atoms with van der Waals surface area (Å²) in [6.45, 7) is 8.36. The number of aromatic nitrogens is 3. The van der Waals surface area contributed by atoms with Gasteiger partial charge < -0.3 is 15.6 Å². The van der Waals surface area contributed by atoms with Gasteiger partial charge in [0.2, 0.25) is 0 Å². The van der Waals surface area contributed by atoms with Crippen molar-refractivity contribution in [3.63, 3.8) is 0 Å². The SMILES string of the molecule is Cc1cc(-c2[nH]c3cc(-c4ccc(N5C[C@H]6CC[C@@H](C5)[C@@H]6N)nc4)ccc3c2C)cc(C)n1. The van der Waals surface area contributed by atoms with E-state index in [9.17, 15) is 0 Å². The maximum Gasteiger partial charge on any atom is 0.128 e. The molecule has 4 heterocycles. The molecule has 6 rings (SSSR count). The van der Waals surface area contributed by atoms with Gasteiger partial charge in [0.25, 0.3) is 0 Å². The maximum absolute atomic E-state index is 6.38. The summed E-state index contributed by atoms with van der Waals surface area (Å²) < 4.78 is 0. The van der Waals surface area contributed by atoms with E-state index in [0.29, 0.717) is 17.9 Å². The van der Waals surface area contributed by atoms with Crippen LogP contribution in [0.3, 0.4) is 0 Å². The first-order valence-electron chi connectivity index (χ1n) is 12.0. The van der Waals surface area contributed by atoms with Crippen molar-refractivity contribution in [2.45, 2.75) is 39.7 Å². The van der Waals surface area contributed by atoms with Crippen LogP contribution in [0.1, 0.15) is 29.8 Å². The fourth-order valence-electron chi connectivity index (χ4n) is 5.98. The first kappa shape index (κ1) is 20.4. The average Bonchev–Trinajstić information content (AvgIpc) is 3.21. The van der Waals surface area contributed by atoms with Gasteiger partial charge in [0.1, 0.15) is 5.82 Å². The number of anilines is 1. The Morgan fingerprint density at radius 3 is 2.24 bits per heavy atom. The first-order valence-corrected chi connectivity index (χ1v) is 12.0. The van der Waals surface area contributed by atoms with E-state index in [1.165, 1.54) is 40.6 Å². The minimum atomic E-state index is 0.376. The average molecular weight is 438 g/mol. The number of H-pyrrole nitrogens is 1. The molecular weight excluding hydrogens is 406 g/mol. The minimum Gasteiger partial charge on any atom is -0.356 e. The van der Waals surface area contributed by atoms with E-state index >= 15 is 0 Å². The number of hydrogen-bond acceptors (Lipinski definition) is 4. The van der Waals surface area contributed by atoms with Crippen LogP contribution < -0.4 is 10.6 Å². The number of piperidine rings is 1. The Labute approximate surface area is 195 Å². The molecule has 3 atom stereocenters. The molecule has 2 bridgehead atoms. The molecule has 1 saturated heterocycles. The molecule has 0 amide bonds. The number of aromatic amines is 1. The van der Waals surface area contributed by atoms with Crippen molar-refractivity contribution < 1.29 is 0 Å². The molecule has 168 valence electrons. The second-order valence-electron chi connectivity index (χ2n) is 10.0. The summed E-state index contributed by atoms with van der Waals surface area (Å²) in [5, 5.41) is 1.26. The lowest BCUT2D eigenvalue weighted by molar-refractivity contribution is 0.355. The summed E-state index contributed by atoms with van der Waals surface area (Å²) in [7, 11) is 0. The number of aryl methyl sites for hydroxylation is 3. The van der Waals surface area contributed by atoms with E-state index < -0.39 is 0 Å². The highest BCUT2D eigenvalue weighted by atomic mass is 15.2. The lowest BCUT2D eigenvalue weighted by atomic mass is 9.93. The predicted molar refractivity (Wildman–Crippen MR) is 135 cm³/mol. The molecule has 1 saturated carbocycles. The van der Waals surface area contributed by atoms with E-state index in [4.69, 9.17) is 10.7 Å². The Bertz CT molecular complexity index is 1300. The van der Waals surface area contributed by atoms with Crippen LogP contribution in [-0.2, 0) is 0 Å². The topological polar surface area (TPSA) is 70.8 Å². The van der Waals surface area contributed by atoms with Crippen LogP contribution in [0.5, 0.6) is 0 Å². The molecule has 2 aliphatic rings. The summed E-state index contributed by atoms with van der Waals surface area (Å²) in [6.07, 6.45) is 4.53. The zero-order valence-corrected chi connectivity index (χ0v) is 19.6. The first-order chi connectivity index (χ1) is 16.0. The second-order valence-corrected chi connectivity index (χ2v) is 10.0. The van der Waals surface area contributed by atoms with Crippen LogP contribution in [0.4, 0.5) is 5.82 Å².